The van der Waals surface area contributed by atoms with Gasteiger partial charge >= 0.3 is 0 Å². The van der Waals surface area contributed by atoms with Crippen LogP contribution in [0.2, 0.25) is 0 Å². The van der Waals surface area contributed by atoms with E-state index in [0.717, 1.165) is 6.42 Å². The molecule has 0 bridgehead atoms. The van der Waals surface area contributed by atoms with Crippen molar-refractivity contribution in [2.45, 2.75) is 26.7 Å². The molecule has 2 rings (SSSR count). The summed E-state index contributed by atoms with van der Waals surface area (Å²) in [7, 11) is -3.34. The molecule has 0 spiro atoms. The molecule has 0 aromatic heterocycles. The van der Waals surface area contributed by atoms with Crippen LogP contribution in [0.1, 0.15) is 26.7 Å². The van der Waals surface area contributed by atoms with Crippen LogP contribution in [0.5, 0.6) is 5.75 Å². The molecule has 1 aromatic rings. The first-order chi connectivity index (χ1) is 9.93. The normalized spacial score (nSPS) is 14.3. The summed E-state index contributed by atoms with van der Waals surface area (Å²) in [6, 6.07) is 4.97. The Morgan fingerprint density at radius 1 is 1.43 bits per heavy atom. The minimum Gasteiger partial charge on any atom is -0.489 e. The second-order valence-corrected chi connectivity index (χ2v) is 6.82. The molecule has 0 aliphatic carbocycles. The van der Waals surface area contributed by atoms with Crippen LogP contribution in [0.3, 0.4) is 0 Å². The largest absolute Gasteiger partial charge is 0.489 e. The molecule has 1 N–H and O–H groups in total. The zero-order chi connectivity index (χ0) is 15.5. The lowest BCUT2D eigenvalue weighted by Crippen LogP contribution is -2.36. The Labute approximate surface area is 125 Å². The van der Waals surface area contributed by atoms with Crippen LogP contribution in [0.4, 0.5) is 11.4 Å². The van der Waals surface area contributed by atoms with Crippen molar-refractivity contribution in [3.63, 3.8) is 0 Å². The summed E-state index contributed by atoms with van der Waals surface area (Å²) in [5.74, 6) is 0.559. The summed E-state index contributed by atoms with van der Waals surface area (Å²) in [5.41, 5.74) is 1.13. The van der Waals surface area contributed by atoms with Gasteiger partial charge in [0.1, 0.15) is 12.4 Å². The maximum atomic E-state index is 11.9. The average Bonchev–Trinajstić information content (AvgIpc) is 2.43. The molecule has 1 amide bonds. The number of hydrogen-bond acceptors (Lipinski definition) is 4. The Hall–Kier alpha value is -1.76. The fourth-order valence-corrected chi connectivity index (χ4v) is 3.43. The van der Waals surface area contributed by atoms with Gasteiger partial charge in [0.15, 0.2) is 0 Å². The van der Waals surface area contributed by atoms with Crippen LogP contribution in [0, 0.1) is 0 Å². The molecule has 1 heterocycles. The van der Waals surface area contributed by atoms with Crippen molar-refractivity contribution in [2.75, 3.05) is 28.5 Å². The quantitative estimate of drug-likeness (QED) is 0.902. The van der Waals surface area contributed by atoms with E-state index in [0.29, 0.717) is 36.7 Å². The lowest BCUT2D eigenvalue weighted by atomic mass is 10.2. The van der Waals surface area contributed by atoms with Crippen molar-refractivity contribution < 1.29 is 17.9 Å². The van der Waals surface area contributed by atoms with Crippen LogP contribution < -0.4 is 14.4 Å². The van der Waals surface area contributed by atoms with Crippen LogP contribution in [0.25, 0.3) is 0 Å². The highest BCUT2D eigenvalue weighted by Gasteiger charge is 2.22. The van der Waals surface area contributed by atoms with Crippen molar-refractivity contribution in [3.05, 3.63) is 18.2 Å². The van der Waals surface area contributed by atoms with Gasteiger partial charge in [-0.25, -0.2) is 8.42 Å². The lowest BCUT2D eigenvalue weighted by molar-refractivity contribution is -0.116. The van der Waals surface area contributed by atoms with Gasteiger partial charge in [-0.2, -0.15) is 0 Å². The molecule has 1 aliphatic heterocycles. The highest BCUT2D eigenvalue weighted by Crippen LogP contribution is 2.34. The van der Waals surface area contributed by atoms with Crippen molar-refractivity contribution >= 4 is 27.3 Å². The molecule has 21 heavy (non-hydrogen) atoms. The molecule has 0 unspecified atom stereocenters. The van der Waals surface area contributed by atoms with E-state index in [1.54, 1.807) is 23.1 Å². The Bertz CT molecular complexity index is 628. The van der Waals surface area contributed by atoms with Crippen LogP contribution >= 0.6 is 0 Å². The number of fused-ring (bicyclic) bond motifs is 1. The van der Waals surface area contributed by atoms with Gasteiger partial charge in [-0.05, 0) is 18.6 Å². The third-order valence-corrected chi connectivity index (χ3v) is 4.62. The number of benzene rings is 1. The number of carbonyl (C=O) groups excluding carboxylic acids is 1. The maximum Gasteiger partial charge on any atom is 0.232 e. The molecule has 7 heteroatoms. The Kier molecular flexibility index (Phi) is 4.72. The van der Waals surface area contributed by atoms with E-state index in [4.69, 9.17) is 4.74 Å². The minimum atomic E-state index is -3.34. The van der Waals surface area contributed by atoms with E-state index in [1.807, 2.05) is 6.92 Å². The van der Waals surface area contributed by atoms with Gasteiger partial charge in [0.2, 0.25) is 15.9 Å². The first-order valence-corrected chi connectivity index (χ1v) is 8.63. The standard InChI is InChI=1S/C14H20N2O4S/c1-3-4-9-21(18,19)15-12-5-6-13-14(10-12)20-8-7-16(13)11(2)17/h5-6,10,15H,3-4,7-9H2,1-2H3. The lowest BCUT2D eigenvalue weighted by Gasteiger charge is -2.29. The third-order valence-electron chi connectivity index (χ3n) is 3.24. The fraction of sp³-hybridized carbons (Fsp3) is 0.500. The molecule has 116 valence electrons. The second kappa shape index (κ2) is 6.34. The topological polar surface area (TPSA) is 75.7 Å². The fourth-order valence-electron chi connectivity index (χ4n) is 2.18. The van der Waals surface area contributed by atoms with Crippen molar-refractivity contribution in [1.29, 1.82) is 0 Å². The van der Waals surface area contributed by atoms with E-state index in [9.17, 15) is 13.2 Å². The number of anilines is 2. The zero-order valence-electron chi connectivity index (χ0n) is 12.3. The van der Waals surface area contributed by atoms with Crippen LogP contribution in [0.15, 0.2) is 18.2 Å². The third kappa shape index (κ3) is 3.87. The van der Waals surface area contributed by atoms with Gasteiger partial charge in [-0.1, -0.05) is 13.3 Å². The molecular formula is C14H20N2O4S. The highest BCUT2D eigenvalue weighted by molar-refractivity contribution is 7.92. The number of ether oxygens (including phenoxy) is 1. The summed E-state index contributed by atoms with van der Waals surface area (Å²) < 4.78 is 31.8. The highest BCUT2D eigenvalue weighted by atomic mass is 32.2. The Morgan fingerprint density at radius 3 is 2.86 bits per heavy atom. The number of sulfonamides is 1. The molecule has 0 atom stereocenters. The van der Waals surface area contributed by atoms with E-state index >= 15 is 0 Å². The number of hydrogen-bond donors (Lipinski definition) is 1. The van der Waals surface area contributed by atoms with Gasteiger partial charge in [0, 0.05) is 13.0 Å². The zero-order valence-corrected chi connectivity index (χ0v) is 13.1. The Morgan fingerprint density at radius 2 is 2.19 bits per heavy atom. The predicted molar refractivity (Wildman–Crippen MR) is 82.3 cm³/mol. The number of nitrogens with one attached hydrogen (secondary N) is 1. The van der Waals surface area contributed by atoms with Crippen molar-refractivity contribution in [2.24, 2.45) is 0 Å². The molecule has 6 nitrogen and oxygen atoms in total. The van der Waals surface area contributed by atoms with Crippen LogP contribution in [-0.4, -0.2) is 33.2 Å². The van der Waals surface area contributed by atoms with Gasteiger partial charge in [0.25, 0.3) is 0 Å². The summed E-state index contributed by atoms with van der Waals surface area (Å²) in [5, 5.41) is 0. The van der Waals surface area contributed by atoms with E-state index in [2.05, 4.69) is 4.72 Å². The predicted octanol–water partition coefficient (Wildman–Crippen LogP) is 1.97. The van der Waals surface area contributed by atoms with E-state index < -0.39 is 10.0 Å². The first-order valence-electron chi connectivity index (χ1n) is 6.98. The molecular weight excluding hydrogens is 292 g/mol. The molecule has 0 radical (unpaired) electrons. The molecule has 0 saturated carbocycles. The second-order valence-electron chi connectivity index (χ2n) is 4.98. The van der Waals surface area contributed by atoms with Gasteiger partial charge in [0.05, 0.1) is 23.7 Å². The van der Waals surface area contributed by atoms with Crippen LogP contribution in [-0.2, 0) is 14.8 Å². The van der Waals surface area contributed by atoms with E-state index in [-0.39, 0.29) is 11.7 Å². The first kappa shape index (κ1) is 15.6. The Balaban J connectivity index is 2.20. The number of carbonyl (C=O) groups is 1. The maximum absolute atomic E-state index is 11.9. The molecule has 1 aromatic carbocycles. The van der Waals surface area contributed by atoms with Crippen molar-refractivity contribution in [3.8, 4) is 5.75 Å². The number of amides is 1. The number of nitrogens with zero attached hydrogens (tertiary/aromatic N) is 1. The van der Waals surface area contributed by atoms with E-state index in [1.165, 1.54) is 6.92 Å². The van der Waals surface area contributed by atoms with Gasteiger partial charge in [-0.3, -0.25) is 9.52 Å². The summed E-state index contributed by atoms with van der Waals surface area (Å²) in [6.45, 7) is 4.34. The summed E-state index contributed by atoms with van der Waals surface area (Å²) in [6.07, 6.45) is 1.44. The minimum absolute atomic E-state index is 0.0594. The summed E-state index contributed by atoms with van der Waals surface area (Å²) >= 11 is 0. The smallest absolute Gasteiger partial charge is 0.232 e. The molecule has 1 aliphatic rings. The molecule has 0 fully saturated rings. The number of rotatable bonds is 5. The monoisotopic (exact) mass is 312 g/mol. The van der Waals surface area contributed by atoms with Crippen molar-refractivity contribution in [1.82, 2.24) is 0 Å². The summed E-state index contributed by atoms with van der Waals surface area (Å²) in [4.78, 5) is 13.2. The molecule has 0 saturated heterocycles. The average molecular weight is 312 g/mol. The van der Waals surface area contributed by atoms with Gasteiger partial charge < -0.3 is 9.64 Å². The van der Waals surface area contributed by atoms with Gasteiger partial charge in [-0.15, -0.1) is 0 Å². The number of unbranched alkanes of at least 4 members (excludes halogenated alkanes) is 1. The SMILES string of the molecule is CCCCS(=O)(=O)Nc1ccc2c(c1)OCCN2C(C)=O.